The standard InChI is InChI=1S/C10H7BrF2O2/c1-5(15)6-2-3-8(11)9(10(12)13)7(6)4-14/h2-4,10H,1H3. The lowest BCUT2D eigenvalue weighted by Crippen LogP contribution is -2.04. The van der Waals surface area contributed by atoms with Crippen LogP contribution < -0.4 is 0 Å². The highest BCUT2D eigenvalue weighted by atomic mass is 79.9. The number of ketones is 1. The first-order valence-corrected chi connectivity index (χ1v) is 4.85. The molecule has 15 heavy (non-hydrogen) atoms. The molecule has 0 N–H and O–H groups in total. The molecule has 0 aliphatic carbocycles. The van der Waals surface area contributed by atoms with Crippen LogP contribution in [0.15, 0.2) is 16.6 Å². The van der Waals surface area contributed by atoms with Crippen molar-refractivity contribution in [1.82, 2.24) is 0 Å². The van der Waals surface area contributed by atoms with Crippen molar-refractivity contribution in [1.29, 1.82) is 0 Å². The molecule has 0 saturated heterocycles. The highest BCUT2D eigenvalue weighted by Gasteiger charge is 2.20. The van der Waals surface area contributed by atoms with Crippen molar-refractivity contribution < 1.29 is 18.4 Å². The molecule has 0 spiro atoms. The topological polar surface area (TPSA) is 34.1 Å². The van der Waals surface area contributed by atoms with Gasteiger partial charge in [0.1, 0.15) is 0 Å². The number of Topliss-reactive ketones (excluding diaryl/α,β-unsaturated/α-hetero) is 1. The third kappa shape index (κ3) is 2.28. The maximum Gasteiger partial charge on any atom is 0.265 e. The van der Waals surface area contributed by atoms with Crippen LogP contribution in [-0.2, 0) is 0 Å². The van der Waals surface area contributed by atoms with Gasteiger partial charge >= 0.3 is 0 Å². The highest BCUT2D eigenvalue weighted by molar-refractivity contribution is 9.10. The molecule has 0 unspecified atom stereocenters. The van der Waals surface area contributed by atoms with Gasteiger partial charge in [0.25, 0.3) is 6.43 Å². The number of alkyl halides is 2. The summed E-state index contributed by atoms with van der Waals surface area (Å²) in [6.07, 6.45) is -2.51. The molecule has 0 fully saturated rings. The van der Waals surface area contributed by atoms with E-state index in [2.05, 4.69) is 15.9 Å². The summed E-state index contributed by atoms with van der Waals surface area (Å²) in [5.74, 6) is -0.411. The molecule has 0 heterocycles. The predicted molar refractivity (Wildman–Crippen MR) is 54.5 cm³/mol. The van der Waals surface area contributed by atoms with Crippen LogP contribution in [0, 0.1) is 0 Å². The summed E-state index contributed by atoms with van der Waals surface area (Å²) < 4.78 is 25.4. The molecule has 0 aliphatic heterocycles. The van der Waals surface area contributed by atoms with Crippen molar-refractivity contribution >= 4 is 28.0 Å². The van der Waals surface area contributed by atoms with Gasteiger partial charge in [0.15, 0.2) is 12.1 Å². The van der Waals surface area contributed by atoms with Crippen LogP contribution in [0.1, 0.15) is 39.6 Å². The molecule has 0 radical (unpaired) electrons. The number of hydrogen-bond acceptors (Lipinski definition) is 2. The molecular weight excluding hydrogens is 270 g/mol. The molecule has 0 amide bonds. The molecule has 0 atom stereocenters. The Bertz CT molecular complexity index is 416. The summed E-state index contributed by atoms with van der Waals surface area (Å²) in [4.78, 5) is 21.8. The van der Waals surface area contributed by atoms with Crippen LogP contribution in [0.4, 0.5) is 8.78 Å². The zero-order chi connectivity index (χ0) is 11.6. The number of halogens is 3. The minimum atomic E-state index is -2.79. The molecule has 2 nitrogen and oxygen atoms in total. The smallest absolute Gasteiger partial charge is 0.265 e. The number of carbonyl (C=O) groups is 2. The second-order valence-corrected chi connectivity index (χ2v) is 3.75. The molecule has 5 heteroatoms. The van der Waals surface area contributed by atoms with Gasteiger partial charge in [-0.15, -0.1) is 0 Å². The maximum atomic E-state index is 12.6. The van der Waals surface area contributed by atoms with Gasteiger partial charge in [-0.25, -0.2) is 8.78 Å². The average molecular weight is 277 g/mol. The van der Waals surface area contributed by atoms with Crippen molar-refractivity contribution in [2.45, 2.75) is 13.3 Å². The Morgan fingerprint density at radius 3 is 2.47 bits per heavy atom. The molecule has 0 bridgehead atoms. The molecule has 80 valence electrons. The molecule has 0 saturated carbocycles. The number of rotatable bonds is 3. The summed E-state index contributed by atoms with van der Waals surface area (Å²) in [5.41, 5.74) is -0.659. The zero-order valence-electron chi connectivity index (χ0n) is 7.76. The quantitative estimate of drug-likeness (QED) is 0.626. The Kier molecular flexibility index (Phi) is 3.68. The van der Waals surface area contributed by atoms with Crippen molar-refractivity contribution in [2.75, 3.05) is 0 Å². The van der Waals surface area contributed by atoms with Crippen molar-refractivity contribution in [3.8, 4) is 0 Å². The van der Waals surface area contributed by atoms with Crippen LogP contribution in [0.5, 0.6) is 0 Å². The van der Waals surface area contributed by atoms with Gasteiger partial charge in [0.2, 0.25) is 0 Å². The van der Waals surface area contributed by atoms with E-state index in [0.717, 1.165) is 0 Å². The van der Waals surface area contributed by atoms with Crippen molar-refractivity contribution in [3.05, 3.63) is 33.3 Å². The lowest BCUT2D eigenvalue weighted by molar-refractivity contribution is 0.100. The fraction of sp³-hybridized carbons (Fsp3) is 0.200. The third-order valence-electron chi connectivity index (χ3n) is 1.95. The summed E-state index contributed by atoms with van der Waals surface area (Å²) in [6.45, 7) is 1.23. The number of carbonyl (C=O) groups excluding carboxylic acids is 2. The molecule has 1 aromatic carbocycles. The Balaban J connectivity index is 3.54. The van der Waals surface area contributed by atoms with Gasteiger partial charge < -0.3 is 0 Å². The molecule has 0 aromatic heterocycles. The summed E-state index contributed by atoms with van der Waals surface area (Å²) in [6, 6.07) is 2.69. The Morgan fingerprint density at radius 1 is 1.47 bits per heavy atom. The van der Waals surface area contributed by atoms with Gasteiger partial charge in [-0.05, 0) is 19.1 Å². The number of hydrogen-bond donors (Lipinski definition) is 0. The largest absolute Gasteiger partial charge is 0.298 e. The Hall–Kier alpha value is -1.10. The molecule has 1 rings (SSSR count). The fourth-order valence-corrected chi connectivity index (χ4v) is 1.78. The van der Waals surface area contributed by atoms with E-state index in [1.54, 1.807) is 0 Å². The van der Waals surface area contributed by atoms with E-state index in [1.165, 1.54) is 19.1 Å². The van der Waals surface area contributed by atoms with Crippen LogP contribution in [0.2, 0.25) is 0 Å². The first kappa shape index (κ1) is 12.0. The first-order chi connectivity index (χ1) is 6.99. The average Bonchev–Trinajstić information content (AvgIpc) is 2.15. The normalized spacial score (nSPS) is 10.5. The van der Waals surface area contributed by atoms with Gasteiger partial charge in [0.05, 0.1) is 0 Å². The van der Waals surface area contributed by atoms with E-state index >= 15 is 0 Å². The van der Waals surface area contributed by atoms with Crippen molar-refractivity contribution in [2.24, 2.45) is 0 Å². The van der Waals surface area contributed by atoms with Crippen molar-refractivity contribution in [3.63, 3.8) is 0 Å². The van der Waals surface area contributed by atoms with E-state index in [0.29, 0.717) is 0 Å². The second-order valence-electron chi connectivity index (χ2n) is 2.90. The highest BCUT2D eigenvalue weighted by Crippen LogP contribution is 2.31. The van der Waals surface area contributed by atoms with Gasteiger partial charge in [-0.3, -0.25) is 9.59 Å². The van der Waals surface area contributed by atoms with Crippen LogP contribution in [0.3, 0.4) is 0 Å². The zero-order valence-corrected chi connectivity index (χ0v) is 9.35. The molecule has 1 aromatic rings. The van der Waals surface area contributed by atoms with E-state index in [4.69, 9.17) is 0 Å². The first-order valence-electron chi connectivity index (χ1n) is 4.05. The second kappa shape index (κ2) is 4.61. The van der Waals surface area contributed by atoms with Gasteiger partial charge in [-0.1, -0.05) is 15.9 Å². The van der Waals surface area contributed by atoms with E-state index in [9.17, 15) is 18.4 Å². The monoisotopic (exact) mass is 276 g/mol. The summed E-state index contributed by atoms with van der Waals surface area (Å²) in [7, 11) is 0. The van der Waals surface area contributed by atoms with E-state index in [1.807, 2.05) is 0 Å². The lowest BCUT2D eigenvalue weighted by atomic mass is 10.00. The SMILES string of the molecule is CC(=O)c1ccc(Br)c(C(F)F)c1C=O. The third-order valence-corrected chi connectivity index (χ3v) is 2.64. The van der Waals surface area contributed by atoms with Crippen LogP contribution in [-0.4, -0.2) is 12.1 Å². The minimum Gasteiger partial charge on any atom is -0.298 e. The van der Waals surface area contributed by atoms with Crippen LogP contribution >= 0.6 is 15.9 Å². The number of benzene rings is 1. The minimum absolute atomic E-state index is 0.0171. The van der Waals surface area contributed by atoms with Gasteiger partial charge in [0, 0.05) is 21.2 Å². The lowest BCUT2D eigenvalue weighted by Gasteiger charge is -2.09. The predicted octanol–water partition coefficient (Wildman–Crippen LogP) is 3.40. The fourth-order valence-electron chi connectivity index (χ4n) is 1.27. The Labute approximate surface area is 93.4 Å². The molecular formula is C10H7BrF2O2. The summed E-state index contributed by atoms with van der Waals surface area (Å²) in [5, 5.41) is 0. The van der Waals surface area contributed by atoms with E-state index < -0.39 is 17.8 Å². The maximum absolute atomic E-state index is 12.6. The van der Waals surface area contributed by atoms with Crippen LogP contribution in [0.25, 0.3) is 0 Å². The Morgan fingerprint density at radius 2 is 2.07 bits per heavy atom. The van der Waals surface area contributed by atoms with E-state index in [-0.39, 0.29) is 21.9 Å². The van der Waals surface area contributed by atoms with Gasteiger partial charge in [-0.2, -0.15) is 0 Å². The molecule has 0 aliphatic rings. The number of aldehydes is 1. The summed E-state index contributed by atoms with van der Waals surface area (Å²) >= 11 is 2.92.